The van der Waals surface area contributed by atoms with Crippen molar-refractivity contribution in [1.29, 1.82) is 0 Å². The molecule has 2 heterocycles. The summed E-state index contributed by atoms with van der Waals surface area (Å²) in [6, 6.07) is 16.0. The summed E-state index contributed by atoms with van der Waals surface area (Å²) < 4.78 is 30.0. The molecule has 0 saturated carbocycles. The van der Waals surface area contributed by atoms with Crippen LogP contribution in [0.5, 0.6) is 5.75 Å². The Bertz CT molecular complexity index is 1070. The Hall–Kier alpha value is -3.07. The number of fused-ring (bicyclic) bond motifs is 1. The lowest BCUT2D eigenvalue weighted by Crippen LogP contribution is -2.52. The van der Waals surface area contributed by atoms with Gasteiger partial charge in [0.15, 0.2) is 15.9 Å². The standard InChI is InChI=1S/C22H25N3O5S/c1-23-22(27)20-13-24(18-9-5-6-10-19(18)30-20)14-21(26)25(16-7-3-2-4-8-16)17-11-12-31(28,29)15-17/h2-10,17,20H,11-15H2,1H3,(H,23,27)/t17-,20-/m0/s1. The molecule has 0 bridgehead atoms. The SMILES string of the molecule is CNC(=O)[C@@H]1CN(CC(=O)N(c2ccccc2)[C@H]2CCS(=O)(=O)C2)c2ccccc2O1. The van der Waals surface area contributed by atoms with Crippen LogP contribution in [0.25, 0.3) is 0 Å². The molecule has 0 unspecified atom stereocenters. The van der Waals surface area contributed by atoms with Crippen LogP contribution in [0.1, 0.15) is 6.42 Å². The molecule has 0 aliphatic carbocycles. The molecule has 31 heavy (non-hydrogen) atoms. The fourth-order valence-electron chi connectivity index (χ4n) is 4.12. The van der Waals surface area contributed by atoms with Gasteiger partial charge in [0.25, 0.3) is 5.91 Å². The van der Waals surface area contributed by atoms with E-state index in [9.17, 15) is 18.0 Å². The monoisotopic (exact) mass is 443 g/mol. The van der Waals surface area contributed by atoms with E-state index in [1.165, 1.54) is 0 Å². The molecule has 9 heteroatoms. The van der Waals surface area contributed by atoms with Crippen LogP contribution in [0, 0.1) is 0 Å². The lowest BCUT2D eigenvalue weighted by atomic mass is 10.1. The van der Waals surface area contributed by atoms with Gasteiger partial charge in [-0.1, -0.05) is 30.3 Å². The first-order chi connectivity index (χ1) is 14.9. The van der Waals surface area contributed by atoms with Crippen molar-refractivity contribution < 1.29 is 22.7 Å². The number of likely N-dealkylation sites (N-methyl/N-ethyl adjacent to an activating group) is 1. The lowest BCUT2D eigenvalue weighted by molar-refractivity contribution is -0.127. The Morgan fingerprint density at radius 2 is 1.84 bits per heavy atom. The number of amides is 2. The minimum absolute atomic E-state index is 0.000685. The van der Waals surface area contributed by atoms with Crippen LogP contribution in [0.2, 0.25) is 0 Å². The average Bonchev–Trinajstić information content (AvgIpc) is 3.13. The first-order valence-electron chi connectivity index (χ1n) is 10.2. The van der Waals surface area contributed by atoms with E-state index in [4.69, 9.17) is 4.74 Å². The summed E-state index contributed by atoms with van der Waals surface area (Å²) >= 11 is 0. The molecule has 2 atom stereocenters. The zero-order chi connectivity index (χ0) is 22.0. The Balaban J connectivity index is 1.63. The Morgan fingerprint density at radius 1 is 1.13 bits per heavy atom. The van der Waals surface area contributed by atoms with E-state index in [0.717, 1.165) is 5.69 Å². The molecule has 8 nitrogen and oxygen atoms in total. The van der Waals surface area contributed by atoms with Gasteiger partial charge in [0.2, 0.25) is 5.91 Å². The largest absolute Gasteiger partial charge is 0.477 e. The molecule has 0 aromatic heterocycles. The molecule has 2 aliphatic heterocycles. The van der Waals surface area contributed by atoms with Gasteiger partial charge in [-0.2, -0.15) is 0 Å². The van der Waals surface area contributed by atoms with Crippen molar-refractivity contribution in [3.8, 4) is 5.75 Å². The van der Waals surface area contributed by atoms with Crippen LogP contribution in [-0.4, -0.2) is 64.0 Å². The summed E-state index contributed by atoms with van der Waals surface area (Å²) in [6.45, 7) is 0.216. The van der Waals surface area contributed by atoms with Gasteiger partial charge in [-0.05, 0) is 30.7 Å². The highest BCUT2D eigenvalue weighted by atomic mass is 32.2. The number of anilines is 2. The number of nitrogens with one attached hydrogen (secondary N) is 1. The summed E-state index contributed by atoms with van der Waals surface area (Å²) in [6.07, 6.45) is -0.339. The van der Waals surface area contributed by atoms with Gasteiger partial charge < -0.3 is 19.9 Å². The highest BCUT2D eigenvalue weighted by Gasteiger charge is 2.37. The predicted octanol–water partition coefficient (Wildman–Crippen LogP) is 1.22. The maximum atomic E-state index is 13.5. The van der Waals surface area contributed by atoms with E-state index in [1.807, 2.05) is 53.4 Å². The molecule has 0 spiro atoms. The molecule has 2 aromatic carbocycles. The van der Waals surface area contributed by atoms with Crippen molar-refractivity contribution in [3.63, 3.8) is 0 Å². The summed E-state index contributed by atoms with van der Waals surface area (Å²) in [5, 5.41) is 2.59. The van der Waals surface area contributed by atoms with E-state index in [2.05, 4.69) is 5.32 Å². The minimum Gasteiger partial charge on any atom is -0.477 e. The number of carbonyl (C=O) groups excluding carboxylic acids is 2. The fraction of sp³-hybridized carbons (Fsp3) is 0.364. The second-order valence-corrected chi connectivity index (χ2v) is 9.95. The maximum Gasteiger partial charge on any atom is 0.262 e. The zero-order valence-corrected chi connectivity index (χ0v) is 18.0. The number of benzene rings is 2. The number of sulfone groups is 1. The average molecular weight is 444 g/mol. The summed E-state index contributed by atoms with van der Waals surface area (Å²) in [7, 11) is -1.63. The number of ether oxygens (including phenoxy) is 1. The van der Waals surface area contributed by atoms with Crippen LogP contribution in [0.3, 0.4) is 0 Å². The first-order valence-corrected chi connectivity index (χ1v) is 12.0. The third-order valence-electron chi connectivity index (χ3n) is 5.60. The van der Waals surface area contributed by atoms with Gasteiger partial charge in [0.05, 0.1) is 36.3 Å². The molecule has 1 N–H and O–H groups in total. The maximum absolute atomic E-state index is 13.5. The topological polar surface area (TPSA) is 96.0 Å². The van der Waals surface area contributed by atoms with Crippen LogP contribution in [0.15, 0.2) is 54.6 Å². The molecule has 2 aliphatic rings. The van der Waals surface area contributed by atoms with Gasteiger partial charge in [-0.15, -0.1) is 0 Å². The second kappa shape index (κ2) is 8.58. The number of hydrogen-bond donors (Lipinski definition) is 1. The van der Waals surface area contributed by atoms with Gasteiger partial charge in [0, 0.05) is 12.7 Å². The van der Waals surface area contributed by atoms with Crippen molar-refractivity contribution in [2.75, 3.05) is 41.4 Å². The molecule has 4 rings (SSSR count). The van der Waals surface area contributed by atoms with Crippen molar-refractivity contribution in [1.82, 2.24) is 5.32 Å². The molecule has 2 amide bonds. The van der Waals surface area contributed by atoms with Crippen molar-refractivity contribution in [2.45, 2.75) is 18.6 Å². The van der Waals surface area contributed by atoms with Crippen LogP contribution in [-0.2, 0) is 19.4 Å². The van der Waals surface area contributed by atoms with Gasteiger partial charge in [0.1, 0.15) is 5.75 Å². The van der Waals surface area contributed by atoms with Crippen LogP contribution < -0.4 is 19.9 Å². The van der Waals surface area contributed by atoms with Crippen molar-refractivity contribution in [2.24, 2.45) is 0 Å². The number of carbonyl (C=O) groups is 2. The van der Waals surface area contributed by atoms with Crippen LogP contribution >= 0.6 is 0 Å². The zero-order valence-electron chi connectivity index (χ0n) is 17.2. The van der Waals surface area contributed by atoms with Gasteiger partial charge in [-0.3, -0.25) is 9.59 Å². The number of rotatable bonds is 5. The summed E-state index contributed by atoms with van der Waals surface area (Å²) in [4.78, 5) is 29.1. The molecule has 164 valence electrons. The second-order valence-electron chi connectivity index (χ2n) is 7.73. The minimum atomic E-state index is -3.17. The Kier molecular flexibility index (Phi) is 5.86. The van der Waals surface area contributed by atoms with E-state index >= 15 is 0 Å². The highest BCUT2D eigenvalue weighted by Crippen LogP contribution is 2.33. The van der Waals surface area contributed by atoms with E-state index in [-0.39, 0.29) is 36.4 Å². The van der Waals surface area contributed by atoms with E-state index < -0.39 is 22.0 Å². The fourth-order valence-corrected chi connectivity index (χ4v) is 5.82. The Labute approximate surface area is 181 Å². The van der Waals surface area contributed by atoms with Gasteiger partial charge in [-0.25, -0.2) is 8.42 Å². The quantitative estimate of drug-likeness (QED) is 0.747. The third-order valence-corrected chi connectivity index (χ3v) is 7.35. The predicted molar refractivity (Wildman–Crippen MR) is 118 cm³/mol. The van der Waals surface area contributed by atoms with Gasteiger partial charge >= 0.3 is 0 Å². The Morgan fingerprint density at radius 3 is 2.52 bits per heavy atom. The lowest BCUT2D eigenvalue weighted by Gasteiger charge is -2.37. The molecule has 1 fully saturated rings. The summed E-state index contributed by atoms with van der Waals surface area (Å²) in [5.41, 5.74) is 1.39. The molecular formula is C22H25N3O5S. The van der Waals surface area contributed by atoms with Crippen LogP contribution in [0.4, 0.5) is 11.4 Å². The highest BCUT2D eigenvalue weighted by molar-refractivity contribution is 7.91. The third kappa shape index (κ3) is 4.51. The normalized spacial score (nSPS) is 21.6. The molecule has 0 radical (unpaired) electrons. The first kappa shape index (κ1) is 21.2. The number of nitrogens with zero attached hydrogens (tertiary/aromatic N) is 2. The molecule has 1 saturated heterocycles. The smallest absolute Gasteiger partial charge is 0.262 e. The summed E-state index contributed by atoms with van der Waals surface area (Å²) in [5.74, 6) is 0.0704. The van der Waals surface area contributed by atoms with E-state index in [0.29, 0.717) is 17.9 Å². The van der Waals surface area contributed by atoms with Crippen molar-refractivity contribution in [3.05, 3.63) is 54.6 Å². The van der Waals surface area contributed by atoms with E-state index in [1.54, 1.807) is 18.0 Å². The molecular weight excluding hydrogens is 418 g/mol. The number of para-hydroxylation sites is 3. The molecule has 2 aromatic rings. The van der Waals surface area contributed by atoms with Crippen molar-refractivity contribution >= 4 is 33.0 Å². The number of hydrogen-bond acceptors (Lipinski definition) is 6.